The van der Waals surface area contributed by atoms with Crippen LogP contribution in [0.15, 0.2) is 36.7 Å². The van der Waals surface area contributed by atoms with E-state index in [9.17, 15) is 9.59 Å². The second kappa shape index (κ2) is 11.2. The maximum Gasteiger partial charge on any atom is 0.224 e. The summed E-state index contributed by atoms with van der Waals surface area (Å²) < 4.78 is 1.58. The number of rotatable bonds is 9. The van der Waals surface area contributed by atoms with Gasteiger partial charge in [0, 0.05) is 51.6 Å². The highest BCUT2D eigenvalue weighted by molar-refractivity contribution is 5.76. The van der Waals surface area contributed by atoms with Crippen molar-refractivity contribution in [3.05, 3.63) is 42.2 Å². The van der Waals surface area contributed by atoms with Crippen molar-refractivity contribution in [3.63, 3.8) is 0 Å². The number of aromatic nitrogens is 4. The molecule has 1 atom stereocenters. The minimum atomic E-state index is 0.151. The molecule has 2 saturated heterocycles. The van der Waals surface area contributed by atoms with Gasteiger partial charge in [-0.25, -0.2) is 4.68 Å². The van der Waals surface area contributed by atoms with Gasteiger partial charge in [-0.1, -0.05) is 30.3 Å². The van der Waals surface area contributed by atoms with Crippen LogP contribution in [0.3, 0.4) is 0 Å². The van der Waals surface area contributed by atoms with Gasteiger partial charge >= 0.3 is 0 Å². The molecule has 4 rings (SSSR count). The van der Waals surface area contributed by atoms with E-state index in [4.69, 9.17) is 0 Å². The fourth-order valence-corrected chi connectivity index (χ4v) is 4.69. The molecule has 0 saturated carbocycles. The zero-order valence-corrected chi connectivity index (χ0v) is 18.6. The molecule has 2 amide bonds. The molecule has 0 aliphatic carbocycles. The minimum Gasteiger partial charge on any atom is -0.352 e. The Bertz CT molecular complexity index is 850. The van der Waals surface area contributed by atoms with E-state index in [0.29, 0.717) is 25.3 Å². The van der Waals surface area contributed by atoms with Crippen LogP contribution >= 0.6 is 0 Å². The number of nitrogens with zero attached hydrogens (tertiary/aromatic N) is 6. The average Bonchev–Trinajstić information content (AvgIpc) is 3.49. The monoisotopic (exact) mass is 439 g/mol. The standard InChI is InChI=1S/C23H33N7O2/c31-22(25-21-10-12-28(17-21)16-20-4-2-1-3-5-20)7-6-19-8-13-29(14-9-19)23(32)11-15-30-18-24-26-27-30/h1-5,18-19,21H,6-17H2,(H,25,31). The number of carbonyl (C=O) groups excluding carboxylic acids is 2. The van der Waals surface area contributed by atoms with Gasteiger partial charge in [-0.05, 0) is 47.6 Å². The topological polar surface area (TPSA) is 96.2 Å². The van der Waals surface area contributed by atoms with Gasteiger partial charge in [-0.3, -0.25) is 14.5 Å². The van der Waals surface area contributed by atoms with E-state index < -0.39 is 0 Å². The van der Waals surface area contributed by atoms with E-state index >= 15 is 0 Å². The first-order valence-corrected chi connectivity index (χ1v) is 11.7. The van der Waals surface area contributed by atoms with Gasteiger partial charge in [-0.2, -0.15) is 0 Å². The van der Waals surface area contributed by atoms with E-state index in [2.05, 4.69) is 50.0 Å². The summed E-state index contributed by atoms with van der Waals surface area (Å²) >= 11 is 0. The molecule has 1 aromatic heterocycles. The third kappa shape index (κ3) is 6.59. The lowest BCUT2D eigenvalue weighted by molar-refractivity contribution is -0.133. The highest BCUT2D eigenvalue weighted by atomic mass is 16.2. The Labute approximate surface area is 189 Å². The number of aryl methyl sites for hydroxylation is 1. The Morgan fingerprint density at radius 3 is 2.59 bits per heavy atom. The van der Waals surface area contributed by atoms with Crippen molar-refractivity contribution in [1.29, 1.82) is 0 Å². The van der Waals surface area contributed by atoms with Gasteiger partial charge in [0.2, 0.25) is 11.8 Å². The Hall–Kier alpha value is -2.81. The van der Waals surface area contributed by atoms with Crippen LogP contribution in [0.1, 0.15) is 44.1 Å². The second-order valence-electron chi connectivity index (χ2n) is 8.96. The van der Waals surface area contributed by atoms with Crippen molar-refractivity contribution in [3.8, 4) is 0 Å². The molecule has 32 heavy (non-hydrogen) atoms. The maximum absolute atomic E-state index is 12.5. The summed E-state index contributed by atoms with van der Waals surface area (Å²) in [7, 11) is 0. The normalized spacial score (nSPS) is 19.9. The lowest BCUT2D eigenvalue weighted by Gasteiger charge is -2.32. The van der Waals surface area contributed by atoms with E-state index in [1.54, 1.807) is 4.68 Å². The van der Waals surface area contributed by atoms with Gasteiger partial charge in [0.05, 0.1) is 6.54 Å². The van der Waals surface area contributed by atoms with Crippen LogP contribution in [0.2, 0.25) is 0 Å². The van der Waals surface area contributed by atoms with Crippen molar-refractivity contribution < 1.29 is 9.59 Å². The molecule has 9 nitrogen and oxygen atoms in total. The van der Waals surface area contributed by atoms with E-state index in [1.165, 1.54) is 11.9 Å². The Kier molecular flexibility index (Phi) is 7.82. The molecule has 2 aromatic rings. The summed E-state index contributed by atoms with van der Waals surface area (Å²) in [5.41, 5.74) is 1.32. The summed E-state index contributed by atoms with van der Waals surface area (Å²) in [5.74, 6) is 0.831. The van der Waals surface area contributed by atoms with Gasteiger partial charge in [-0.15, -0.1) is 5.10 Å². The molecule has 1 N–H and O–H groups in total. The van der Waals surface area contributed by atoms with Crippen molar-refractivity contribution in [2.45, 2.75) is 57.7 Å². The number of likely N-dealkylation sites (tertiary alicyclic amines) is 2. The average molecular weight is 440 g/mol. The third-order valence-electron chi connectivity index (χ3n) is 6.58. The quantitative estimate of drug-likeness (QED) is 0.636. The number of carbonyl (C=O) groups is 2. The number of benzene rings is 1. The SMILES string of the molecule is O=C(CCC1CCN(C(=O)CCn2cnnn2)CC1)NC1CCN(Cc2ccccc2)C1. The number of amides is 2. The molecule has 2 fully saturated rings. The molecule has 1 unspecified atom stereocenters. The van der Waals surface area contributed by atoms with Gasteiger partial charge in [0.25, 0.3) is 0 Å². The first-order chi connectivity index (χ1) is 15.7. The molecule has 172 valence electrons. The Morgan fingerprint density at radius 2 is 1.84 bits per heavy atom. The highest BCUT2D eigenvalue weighted by Crippen LogP contribution is 2.22. The summed E-state index contributed by atoms with van der Waals surface area (Å²) in [6.07, 6.45) is 6.38. The van der Waals surface area contributed by atoms with E-state index in [-0.39, 0.29) is 17.9 Å². The number of piperidine rings is 1. The summed E-state index contributed by atoms with van der Waals surface area (Å²) in [5, 5.41) is 14.2. The predicted octanol–water partition coefficient (Wildman–Crippen LogP) is 1.47. The number of hydrogen-bond acceptors (Lipinski definition) is 6. The van der Waals surface area contributed by atoms with Crippen LogP contribution in [0.5, 0.6) is 0 Å². The second-order valence-corrected chi connectivity index (χ2v) is 8.96. The summed E-state index contributed by atoms with van der Waals surface area (Å²) in [4.78, 5) is 29.2. The zero-order valence-electron chi connectivity index (χ0n) is 18.6. The van der Waals surface area contributed by atoms with Crippen LogP contribution < -0.4 is 5.32 Å². The van der Waals surface area contributed by atoms with Crippen LogP contribution in [-0.2, 0) is 22.7 Å². The predicted molar refractivity (Wildman–Crippen MR) is 119 cm³/mol. The fourth-order valence-electron chi connectivity index (χ4n) is 4.69. The van der Waals surface area contributed by atoms with Gasteiger partial charge in [0.1, 0.15) is 6.33 Å². The van der Waals surface area contributed by atoms with Crippen LogP contribution in [-0.4, -0.2) is 74.0 Å². The third-order valence-corrected chi connectivity index (χ3v) is 6.58. The van der Waals surface area contributed by atoms with E-state index in [0.717, 1.165) is 58.4 Å². The first-order valence-electron chi connectivity index (χ1n) is 11.7. The highest BCUT2D eigenvalue weighted by Gasteiger charge is 2.26. The maximum atomic E-state index is 12.5. The molecule has 1 aromatic carbocycles. The molecule has 2 aliphatic heterocycles. The van der Waals surface area contributed by atoms with Gasteiger partial charge in [0.15, 0.2) is 0 Å². The molecule has 0 bridgehead atoms. The number of nitrogens with one attached hydrogen (secondary N) is 1. The molecular weight excluding hydrogens is 406 g/mol. The number of tetrazole rings is 1. The minimum absolute atomic E-state index is 0.151. The molecule has 0 spiro atoms. The Balaban J connectivity index is 1.09. The van der Waals surface area contributed by atoms with Gasteiger partial charge < -0.3 is 10.2 Å². The van der Waals surface area contributed by atoms with Crippen molar-refractivity contribution in [2.24, 2.45) is 5.92 Å². The Morgan fingerprint density at radius 1 is 1.03 bits per heavy atom. The van der Waals surface area contributed by atoms with Crippen LogP contribution in [0, 0.1) is 5.92 Å². The molecule has 2 aliphatic rings. The molecule has 9 heteroatoms. The smallest absolute Gasteiger partial charge is 0.224 e. The van der Waals surface area contributed by atoms with Crippen molar-refractivity contribution in [1.82, 2.24) is 35.3 Å². The fraction of sp³-hybridized carbons (Fsp3) is 0.609. The summed E-state index contributed by atoms with van der Waals surface area (Å²) in [6.45, 7) is 4.96. The largest absolute Gasteiger partial charge is 0.352 e. The molecule has 0 radical (unpaired) electrons. The zero-order chi connectivity index (χ0) is 22.2. The summed E-state index contributed by atoms with van der Waals surface area (Å²) in [6, 6.07) is 10.7. The van der Waals surface area contributed by atoms with Crippen molar-refractivity contribution >= 4 is 11.8 Å². The van der Waals surface area contributed by atoms with Crippen LogP contribution in [0.4, 0.5) is 0 Å². The molecule has 3 heterocycles. The lowest BCUT2D eigenvalue weighted by Crippen LogP contribution is -2.39. The van der Waals surface area contributed by atoms with Crippen LogP contribution in [0.25, 0.3) is 0 Å². The van der Waals surface area contributed by atoms with Crippen molar-refractivity contribution in [2.75, 3.05) is 26.2 Å². The van der Waals surface area contributed by atoms with E-state index in [1.807, 2.05) is 11.0 Å². The lowest BCUT2D eigenvalue weighted by atomic mass is 9.92. The number of hydrogen-bond donors (Lipinski definition) is 1. The molecular formula is C23H33N7O2. The first kappa shape index (κ1) is 22.4.